The molecule has 0 radical (unpaired) electrons. The number of rotatable bonds is 4. The van der Waals surface area contributed by atoms with E-state index >= 15 is 0 Å². The van der Waals surface area contributed by atoms with E-state index in [9.17, 15) is 21.6 Å². The van der Waals surface area contributed by atoms with E-state index in [-0.39, 0.29) is 5.69 Å². The number of benzene rings is 2. The molecule has 0 aliphatic rings. The monoisotopic (exact) mass is 315 g/mol. The minimum atomic E-state index is -4.33. The molecule has 0 spiro atoms. The summed E-state index contributed by atoms with van der Waals surface area (Å²) in [6.45, 7) is 1.94. The van der Waals surface area contributed by atoms with Crippen LogP contribution < -0.4 is 4.72 Å². The van der Waals surface area contributed by atoms with Gasteiger partial charge < -0.3 is 0 Å². The van der Waals surface area contributed by atoms with E-state index in [1.165, 1.54) is 12.1 Å². The summed E-state index contributed by atoms with van der Waals surface area (Å²) < 4.78 is 65.6. The highest BCUT2D eigenvalue weighted by atomic mass is 32.2. The fraction of sp³-hybridized carbons (Fsp3) is 0.143. The Kier molecular flexibility index (Phi) is 4.22. The van der Waals surface area contributed by atoms with Gasteiger partial charge in [0, 0.05) is 5.69 Å². The Labute approximate surface area is 120 Å². The molecule has 7 heteroatoms. The second kappa shape index (κ2) is 5.77. The van der Waals surface area contributed by atoms with Crippen molar-refractivity contribution in [1.29, 1.82) is 0 Å². The third-order valence-electron chi connectivity index (χ3n) is 2.90. The molecule has 0 unspecified atom stereocenters. The first-order valence-corrected chi connectivity index (χ1v) is 7.58. The first kappa shape index (κ1) is 15.4. The Hall–Kier alpha value is -2.02. The van der Waals surface area contributed by atoms with Crippen LogP contribution in [0.1, 0.15) is 12.5 Å². The van der Waals surface area contributed by atoms with Gasteiger partial charge in [0.25, 0.3) is 10.0 Å². The van der Waals surface area contributed by atoms with Crippen molar-refractivity contribution in [2.75, 3.05) is 4.72 Å². The third kappa shape index (κ3) is 3.18. The van der Waals surface area contributed by atoms with Gasteiger partial charge in [0.15, 0.2) is 17.5 Å². The predicted octanol–water partition coefficient (Wildman–Crippen LogP) is 3.47. The Morgan fingerprint density at radius 2 is 1.57 bits per heavy atom. The largest absolute Gasteiger partial charge is 0.280 e. The van der Waals surface area contributed by atoms with Crippen LogP contribution in [0.3, 0.4) is 0 Å². The Bertz CT molecular complexity index is 759. The molecule has 0 bridgehead atoms. The summed E-state index contributed by atoms with van der Waals surface area (Å²) in [5, 5.41) is 0. The Morgan fingerprint density at radius 1 is 0.952 bits per heavy atom. The number of halogens is 3. The van der Waals surface area contributed by atoms with Crippen LogP contribution in [0.25, 0.3) is 0 Å². The van der Waals surface area contributed by atoms with Crippen LogP contribution in [0.15, 0.2) is 41.3 Å². The maximum absolute atomic E-state index is 13.5. The number of aryl methyl sites for hydroxylation is 1. The second-order valence-electron chi connectivity index (χ2n) is 4.33. The average molecular weight is 315 g/mol. The van der Waals surface area contributed by atoms with Gasteiger partial charge in [-0.3, -0.25) is 4.72 Å². The van der Waals surface area contributed by atoms with E-state index in [4.69, 9.17) is 0 Å². The SMILES string of the molecule is CCc1ccc(NS(=O)(=O)c2ccc(F)c(F)c2F)cc1. The first-order chi connectivity index (χ1) is 9.85. The molecule has 2 aromatic carbocycles. The van der Waals surface area contributed by atoms with Crippen LogP contribution >= 0.6 is 0 Å². The van der Waals surface area contributed by atoms with Gasteiger partial charge in [-0.05, 0) is 36.2 Å². The van der Waals surface area contributed by atoms with Crippen molar-refractivity contribution in [3.8, 4) is 0 Å². The zero-order valence-corrected chi connectivity index (χ0v) is 11.8. The van der Waals surface area contributed by atoms with Crippen LogP contribution in [0.2, 0.25) is 0 Å². The molecule has 21 heavy (non-hydrogen) atoms. The minimum Gasteiger partial charge on any atom is -0.280 e. The summed E-state index contributed by atoms with van der Waals surface area (Å²) in [4.78, 5) is -0.944. The van der Waals surface area contributed by atoms with E-state index in [1.807, 2.05) is 6.92 Å². The normalized spacial score (nSPS) is 11.4. The lowest BCUT2D eigenvalue weighted by molar-refractivity contribution is 0.432. The van der Waals surface area contributed by atoms with Gasteiger partial charge in [-0.25, -0.2) is 21.6 Å². The quantitative estimate of drug-likeness (QED) is 0.878. The molecule has 112 valence electrons. The Balaban J connectivity index is 2.36. The molecule has 0 aliphatic carbocycles. The first-order valence-electron chi connectivity index (χ1n) is 6.10. The van der Waals surface area contributed by atoms with Crippen molar-refractivity contribution >= 4 is 15.7 Å². The minimum absolute atomic E-state index is 0.205. The second-order valence-corrected chi connectivity index (χ2v) is 5.98. The van der Waals surface area contributed by atoms with Gasteiger partial charge in [-0.2, -0.15) is 0 Å². The van der Waals surface area contributed by atoms with Gasteiger partial charge in [-0.1, -0.05) is 19.1 Å². The van der Waals surface area contributed by atoms with Crippen LogP contribution in [-0.2, 0) is 16.4 Å². The Morgan fingerprint density at radius 3 is 2.14 bits per heavy atom. The predicted molar refractivity (Wildman–Crippen MR) is 72.9 cm³/mol. The highest BCUT2D eigenvalue weighted by Gasteiger charge is 2.24. The average Bonchev–Trinajstić information content (AvgIpc) is 2.45. The van der Waals surface area contributed by atoms with Crippen molar-refractivity contribution in [3.63, 3.8) is 0 Å². The maximum atomic E-state index is 13.5. The molecule has 0 saturated carbocycles. The number of hydrogen-bond acceptors (Lipinski definition) is 2. The van der Waals surface area contributed by atoms with Crippen molar-refractivity contribution in [2.45, 2.75) is 18.2 Å². The van der Waals surface area contributed by atoms with Crippen LogP contribution in [0, 0.1) is 17.5 Å². The summed E-state index contributed by atoms with van der Waals surface area (Å²) >= 11 is 0. The number of nitrogens with one attached hydrogen (secondary N) is 1. The summed E-state index contributed by atoms with van der Waals surface area (Å²) in [5.74, 6) is -5.01. The molecule has 0 heterocycles. The summed E-state index contributed by atoms with van der Waals surface area (Å²) in [6, 6.07) is 7.67. The zero-order valence-electron chi connectivity index (χ0n) is 11.0. The molecule has 1 N–H and O–H groups in total. The lowest BCUT2D eigenvalue weighted by Crippen LogP contribution is -2.15. The molecular formula is C14H12F3NO2S. The third-order valence-corrected chi connectivity index (χ3v) is 4.30. The van der Waals surface area contributed by atoms with E-state index in [1.54, 1.807) is 12.1 Å². The van der Waals surface area contributed by atoms with E-state index in [0.29, 0.717) is 12.1 Å². The van der Waals surface area contributed by atoms with Gasteiger partial charge in [-0.15, -0.1) is 0 Å². The van der Waals surface area contributed by atoms with E-state index in [2.05, 4.69) is 4.72 Å². The number of anilines is 1. The fourth-order valence-corrected chi connectivity index (χ4v) is 2.86. The van der Waals surface area contributed by atoms with Crippen molar-refractivity contribution in [1.82, 2.24) is 0 Å². The molecule has 0 amide bonds. The molecule has 0 aromatic heterocycles. The maximum Gasteiger partial charge on any atom is 0.264 e. The van der Waals surface area contributed by atoms with Gasteiger partial charge >= 0.3 is 0 Å². The highest BCUT2D eigenvalue weighted by molar-refractivity contribution is 7.92. The van der Waals surface area contributed by atoms with Crippen LogP contribution in [-0.4, -0.2) is 8.42 Å². The smallest absolute Gasteiger partial charge is 0.264 e. The van der Waals surface area contributed by atoms with Gasteiger partial charge in [0.2, 0.25) is 0 Å². The summed E-state index contributed by atoms with van der Waals surface area (Å²) in [6.07, 6.45) is 0.783. The van der Waals surface area contributed by atoms with E-state index in [0.717, 1.165) is 12.0 Å². The number of hydrogen-bond donors (Lipinski definition) is 1. The standard InChI is InChI=1S/C14H12F3NO2S/c1-2-9-3-5-10(6-4-9)18-21(19,20)12-8-7-11(15)13(16)14(12)17/h3-8,18H,2H2,1H3. The van der Waals surface area contributed by atoms with Crippen LogP contribution in [0.4, 0.5) is 18.9 Å². The zero-order chi connectivity index (χ0) is 15.6. The molecular weight excluding hydrogens is 303 g/mol. The van der Waals surface area contributed by atoms with Gasteiger partial charge in [0.1, 0.15) is 4.90 Å². The van der Waals surface area contributed by atoms with Crippen LogP contribution in [0.5, 0.6) is 0 Å². The lowest BCUT2D eigenvalue weighted by Gasteiger charge is -2.10. The molecule has 3 nitrogen and oxygen atoms in total. The highest BCUT2D eigenvalue weighted by Crippen LogP contribution is 2.22. The van der Waals surface area contributed by atoms with Crippen molar-refractivity contribution < 1.29 is 21.6 Å². The topological polar surface area (TPSA) is 46.2 Å². The molecule has 2 aromatic rings. The van der Waals surface area contributed by atoms with Gasteiger partial charge in [0.05, 0.1) is 0 Å². The molecule has 0 saturated heterocycles. The fourth-order valence-electron chi connectivity index (χ4n) is 1.73. The number of sulfonamides is 1. The molecule has 2 rings (SSSR count). The summed E-state index contributed by atoms with van der Waals surface area (Å²) in [5.41, 5.74) is 1.20. The lowest BCUT2D eigenvalue weighted by atomic mass is 10.2. The van der Waals surface area contributed by atoms with Crippen molar-refractivity contribution in [2.24, 2.45) is 0 Å². The molecule has 0 aliphatic heterocycles. The summed E-state index contributed by atoms with van der Waals surface area (Å²) in [7, 11) is -4.33. The van der Waals surface area contributed by atoms with E-state index < -0.39 is 32.4 Å². The molecule has 0 fully saturated rings. The molecule has 0 atom stereocenters. The van der Waals surface area contributed by atoms with Crippen molar-refractivity contribution in [3.05, 3.63) is 59.4 Å².